The number of aryl methyl sites for hydroxylation is 1. The first-order valence-electron chi connectivity index (χ1n) is 10.9. The predicted molar refractivity (Wildman–Crippen MR) is 124 cm³/mol. The molecule has 33 heavy (non-hydrogen) atoms. The molecule has 9 heteroatoms. The lowest BCUT2D eigenvalue weighted by atomic mass is 10.1. The topological polar surface area (TPSA) is 93.0 Å². The van der Waals surface area contributed by atoms with E-state index in [1.54, 1.807) is 25.1 Å². The van der Waals surface area contributed by atoms with E-state index in [-0.39, 0.29) is 30.0 Å². The predicted octanol–water partition coefficient (Wildman–Crippen LogP) is 3.37. The Morgan fingerprint density at radius 2 is 1.85 bits per heavy atom. The minimum Gasteiger partial charge on any atom is -0.354 e. The SMILES string of the molecule is Cc1cccc(N(C(=O)Cn2nnc(-c3ccc(F)cc3)n2)C(C)C(=O)NCCC(C)C)c1. The number of tetrazole rings is 1. The molecule has 2 amide bonds. The lowest BCUT2D eigenvalue weighted by Crippen LogP contribution is -2.49. The molecule has 1 N–H and O–H groups in total. The number of carbonyl (C=O) groups excluding carboxylic acids is 2. The van der Waals surface area contributed by atoms with Gasteiger partial charge in [0.15, 0.2) is 0 Å². The van der Waals surface area contributed by atoms with E-state index in [0.717, 1.165) is 12.0 Å². The maximum absolute atomic E-state index is 13.3. The minimum atomic E-state index is -0.730. The molecule has 1 unspecified atom stereocenters. The molecule has 8 nitrogen and oxygen atoms in total. The van der Waals surface area contributed by atoms with Crippen LogP contribution in [0.3, 0.4) is 0 Å². The highest BCUT2D eigenvalue weighted by Crippen LogP contribution is 2.20. The lowest BCUT2D eigenvalue weighted by molar-refractivity contribution is -0.126. The Morgan fingerprint density at radius 1 is 1.12 bits per heavy atom. The van der Waals surface area contributed by atoms with Gasteiger partial charge in [0.25, 0.3) is 5.91 Å². The number of amides is 2. The zero-order valence-corrected chi connectivity index (χ0v) is 19.3. The summed E-state index contributed by atoms with van der Waals surface area (Å²) in [5, 5.41) is 15.1. The van der Waals surface area contributed by atoms with Crippen molar-refractivity contribution in [3.63, 3.8) is 0 Å². The van der Waals surface area contributed by atoms with Crippen LogP contribution < -0.4 is 10.2 Å². The number of carbonyl (C=O) groups is 2. The summed E-state index contributed by atoms with van der Waals surface area (Å²) in [6.45, 7) is 8.14. The molecule has 3 rings (SSSR count). The smallest absolute Gasteiger partial charge is 0.251 e. The van der Waals surface area contributed by atoms with Crippen LogP contribution in [-0.2, 0) is 16.1 Å². The number of benzene rings is 2. The van der Waals surface area contributed by atoms with Crippen LogP contribution in [0.15, 0.2) is 48.5 Å². The molecule has 0 fully saturated rings. The zero-order chi connectivity index (χ0) is 24.0. The third-order valence-corrected chi connectivity index (χ3v) is 5.17. The fourth-order valence-electron chi connectivity index (χ4n) is 3.33. The third kappa shape index (κ3) is 6.44. The number of nitrogens with zero attached hydrogens (tertiary/aromatic N) is 5. The van der Waals surface area contributed by atoms with Gasteiger partial charge >= 0.3 is 0 Å². The van der Waals surface area contributed by atoms with Gasteiger partial charge in [0, 0.05) is 17.8 Å². The van der Waals surface area contributed by atoms with Crippen LogP contribution in [0, 0.1) is 18.7 Å². The Hall–Kier alpha value is -3.62. The summed E-state index contributed by atoms with van der Waals surface area (Å²) < 4.78 is 13.2. The number of hydrogen-bond acceptors (Lipinski definition) is 5. The average molecular weight is 453 g/mol. The van der Waals surface area contributed by atoms with Crippen LogP contribution in [0.1, 0.15) is 32.8 Å². The van der Waals surface area contributed by atoms with Crippen molar-refractivity contribution >= 4 is 17.5 Å². The van der Waals surface area contributed by atoms with E-state index in [9.17, 15) is 14.0 Å². The van der Waals surface area contributed by atoms with E-state index >= 15 is 0 Å². The second-order valence-corrected chi connectivity index (χ2v) is 8.40. The second-order valence-electron chi connectivity index (χ2n) is 8.40. The van der Waals surface area contributed by atoms with E-state index in [0.29, 0.717) is 23.7 Å². The summed E-state index contributed by atoms with van der Waals surface area (Å²) in [6, 6.07) is 12.4. The fourth-order valence-corrected chi connectivity index (χ4v) is 3.33. The maximum Gasteiger partial charge on any atom is 0.251 e. The van der Waals surface area contributed by atoms with Crippen molar-refractivity contribution in [1.29, 1.82) is 0 Å². The number of rotatable bonds is 9. The van der Waals surface area contributed by atoms with Gasteiger partial charge in [-0.25, -0.2) is 4.39 Å². The van der Waals surface area contributed by atoms with Crippen molar-refractivity contribution in [2.24, 2.45) is 5.92 Å². The average Bonchev–Trinajstić information content (AvgIpc) is 3.22. The third-order valence-electron chi connectivity index (χ3n) is 5.17. The van der Waals surface area contributed by atoms with Crippen molar-refractivity contribution in [2.45, 2.75) is 46.7 Å². The van der Waals surface area contributed by atoms with Gasteiger partial charge in [-0.3, -0.25) is 14.5 Å². The summed E-state index contributed by atoms with van der Waals surface area (Å²) in [6.07, 6.45) is 0.853. The molecule has 0 aliphatic rings. The number of nitrogens with one attached hydrogen (secondary N) is 1. The first-order chi connectivity index (χ1) is 15.7. The summed E-state index contributed by atoms with van der Waals surface area (Å²) in [4.78, 5) is 28.8. The first-order valence-corrected chi connectivity index (χ1v) is 10.9. The highest BCUT2D eigenvalue weighted by Gasteiger charge is 2.28. The Morgan fingerprint density at radius 3 is 2.52 bits per heavy atom. The van der Waals surface area contributed by atoms with Crippen LogP contribution in [0.4, 0.5) is 10.1 Å². The maximum atomic E-state index is 13.3. The normalized spacial score (nSPS) is 11.9. The molecule has 1 aromatic heterocycles. The summed E-state index contributed by atoms with van der Waals surface area (Å²) in [5.74, 6) is -0.205. The number of aromatic nitrogens is 4. The fraction of sp³-hybridized carbons (Fsp3) is 0.375. The van der Waals surface area contributed by atoms with E-state index < -0.39 is 6.04 Å². The minimum absolute atomic E-state index is 0.203. The first kappa shape index (κ1) is 24.0. The van der Waals surface area contributed by atoms with Crippen LogP contribution >= 0.6 is 0 Å². The molecule has 0 aliphatic heterocycles. The molecular formula is C24H29FN6O2. The Balaban J connectivity index is 1.79. The van der Waals surface area contributed by atoms with Crippen molar-refractivity contribution in [2.75, 3.05) is 11.4 Å². The molecule has 0 aliphatic carbocycles. The van der Waals surface area contributed by atoms with Crippen molar-refractivity contribution in [1.82, 2.24) is 25.5 Å². The molecule has 3 aromatic rings. The van der Waals surface area contributed by atoms with Gasteiger partial charge in [-0.15, -0.1) is 10.2 Å². The van der Waals surface area contributed by atoms with Crippen LogP contribution in [0.5, 0.6) is 0 Å². The van der Waals surface area contributed by atoms with Crippen molar-refractivity contribution in [3.8, 4) is 11.4 Å². The summed E-state index contributed by atoms with van der Waals surface area (Å²) >= 11 is 0. The number of anilines is 1. The highest BCUT2D eigenvalue weighted by atomic mass is 19.1. The van der Waals surface area contributed by atoms with Gasteiger partial charge in [0.05, 0.1) is 0 Å². The Labute approximate surface area is 192 Å². The van der Waals surface area contributed by atoms with Crippen LogP contribution in [0.2, 0.25) is 0 Å². The highest BCUT2D eigenvalue weighted by molar-refractivity contribution is 6.00. The van der Waals surface area contributed by atoms with Gasteiger partial charge in [-0.2, -0.15) is 4.80 Å². The van der Waals surface area contributed by atoms with Crippen molar-refractivity contribution < 1.29 is 14.0 Å². The quantitative estimate of drug-likeness (QED) is 0.537. The van der Waals surface area contributed by atoms with Crippen LogP contribution in [-0.4, -0.2) is 44.6 Å². The Kier molecular flexibility index (Phi) is 7.87. The van der Waals surface area contributed by atoms with Gasteiger partial charge in [-0.1, -0.05) is 26.0 Å². The van der Waals surface area contributed by atoms with Gasteiger partial charge < -0.3 is 5.32 Å². The number of hydrogen-bond donors (Lipinski definition) is 1. The standard InChI is InChI=1S/C24H29FN6O2/c1-16(2)12-13-26-24(33)18(4)31(21-7-5-6-17(3)14-21)22(32)15-30-28-23(27-29-30)19-8-10-20(25)11-9-19/h5-11,14,16,18H,12-13,15H2,1-4H3,(H,26,33). The molecule has 2 aromatic carbocycles. The largest absolute Gasteiger partial charge is 0.354 e. The molecular weight excluding hydrogens is 423 g/mol. The van der Waals surface area contributed by atoms with E-state index in [2.05, 4.69) is 34.6 Å². The van der Waals surface area contributed by atoms with Gasteiger partial charge in [-0.05, 0) is 73.4 Å². The molecule has 0 spiro atoms. The second kappa shape index (κ2) is 10.8. The van der Waals surface area contributed by atoms with Crippen molar-refractivity contribution in [3.05, 3.63) is 59.9 Å². The van der Waals surface area contributed by atoms with E-state index in [1.807, 2.05) is 25.1 Å². The molecule has 0 saturated carbocycles. The zero-order valence-electron chi connectivity index (χ0n) is 19.3. The monoisotopic (exact) mass is 452 g/mol. The van der Waals surface area contributed by atoms with Gasteiger partial charge in [0.1, 0.15) is 18.4 Å². The van der Waals surface area contributed by atoms with E-state index in [1.165, 1.54) is 21.8 Å². The molecule has 1 heterocycles. The number of halogens is 1. The molecule has 0 bridgehead atoms. The van der Waals surface area contributed by atoms with Gasteiger partial charge in [0.2, 0.25) is 11.7 Å². The summed E-state index contributed by atoms with van der Waals surface area (Å²) in [7, 11) is 0. The molecule has 0 saturated heterocycles. The summed E-state index contributed by atoms with van der Waals surface area (Å²) in [5.41, 5.74) is 2.17. The lowest BCUT2D eigenvalue weighted by Gasteiger charge is -2.28. The van der Waals surface area contributed by atoms with Crippen LogP contribution in [0.25, 0.3) is 11.4 Å². The van der Waals surface area contributed by atoms with E-state index in [4.69, 9.17) is 0 Å². The Bertz CT molecular complexity index is 1100. The molecule has 1 atom stereocenters. The molecule has 174 valence electrons. The molecule has 0 radical (unpaired) electrons.